The summed E-state index contributed by atoms with van der Waals surface area (Å²) < 4.78 is 0. The fourth-order valence-electron chi connectivity index (χ4n) is 2.16. The molecule has 72 valence electrons. The standard InChI is InChI=1S/C10H21NO/c1-6-8(3)11(5)9(4)7(2)10(6)12/h6-10,12H,1-5H3. The molecular weight excluding hydrogens is 150 g/mol. The van der Waals surface area contributed by atoms with Gasteiger partial charge in [0, 0.05) is 12.1 Å². The first-order valence-electron chi connectivity index (χ1n) is 4.86. The molecule has 1 aliphatic rings. The zero-order valence-corrected chi connectivity index (χ0v) is 8.78. The lowest BCUT2D eigenvalue weighted by atomic mass is 9.79. The minimum atomic E-state index is -0.133. The number of hydrogen-bond donors (Lipinski definition) is 1. The van der Waals surface area contributed by atoms with Gasteiger partial charge in [0.2, 0.25) is 0 Å². The highest BCUT2D eigenvalue weighted by molar-refractivity contribution is 4.91. The molecule has 0 saturated carbocycles. The Bertz CT molecular complexity index is 101. The SMILES string of the molecule is CC1C(O)C(C)C(C)N(C)C1C. The van der Waals surface area contributed by atoms with Crippen molar-refractivity contribution in [1.82, 2.24) is 4.90 Å². The highest BCUT2D eigenvalue weighted by Gasteiger charge is 2.38. The molecule has 0 aromatic carbocycles. The zero-order chi connectivity index (χ0) is 9.46. The van der Waals surface area contributed by atoms with Crippen LogP contribution < -0.4 is 0 Å². The van der Waals surface area contributed by atoms with Crippen molar-refractivity contribution in [3.8, 4) is 0 Å². The largest absolute Gasteiger partial charge is 0.392 e. The minimum Gasteiger partial charge on any atom is -0.392 e. The van der Waals surface area contributed by atoms with E-state index in [0.717, 1.165) is 0 Å². The van der Waals surface area contributed by atoms with Crippen molar-refractivity contribution < 1.29 is 5.11 Å². The molecule has 2 heteroatoms. The summed E-state index contributed by atoms with van der Waals surface area (Å²) in [4.78, 5) is 2.36. The second-order valence-corrected chi connectivity index (χ2v) is 4.36. The van der Waals surface area contributed by atoms with E-state index >= 15 is 0 Å². The number of hydrogen-bond acceptors (Lipinski definition) is 2. The molecule has 0 aliphatic carbocycles. The van der Waals surface area contributed by atoms with E-state index in [9.17, 15) is 5.11 Å². The maximum Gasteiger partial charge on any atom is 0.0620 e. The summed E-state index contributed by atoms with van der Waals surface area (Å²) in [6, 6.07) is 0.984. The molecule has 0 bridgehead atoms. The molecule has 1 N–H and O–H groups in total. The van der Waals surface area contributed by atoms with Crippen molar-refractivity contribution in [3.63, 3.8) is 0 Å². The Morgan fingerprint density at radius 2 is 1.25 bits per heavy atom. The van der Waals surface area contributed by atoms with Crippen LogP contribution in [0.15, 0.2) is 0 Å². The van der Waals surface area contributed by atoms with Crippen molar-refractivity contribution in [2.75, 3.05) is 7.05 Å². The van der Waals surface area contributed by atoms with Crippen molar-refractivity contribution in [1.29, 1.82) is 0 Å². The molecule has 0 aromatic heterocycles. The van der Waals surface area contributed by atoms with Crippen LogP contribution in [-0.4, -0.2) is 35.2 Å². The minimum absolute atomic E-state index is 0.133. The topological polar surface area (TPSA) is 23.5 Å². The van der Waals surface area contributed by atoms with Crippen LogP contribution in [0.25, 0.3) is 0 Å². The lowest BCUT2D eigenvalue weighted by molar-refractivity contribution is -0.0603. The summed E-state index contributed by atoms with van der Waals surface area (Å²) in [7, 11) is 2.15. The van der Waals surface area contributed by atoms with Gasteiger partial charge in [-0.25, -0.2) is 0 Å². The Labute approximate surface area is 75.6 Å². The molecule has 1 rings (SSSR count). The lowest BCUT2D eigenvalue weighted by Gasteiger charge is -2.47. The Morgan fingerprint density at radius 3 is 1.58 bits per heavy atom. The highest BCUT2D eigenvalue weighted by Crippen LogP contribution is 2.30. The molecular formula is C10H21NO. The monoisotopic (exact) mass is 171 g/mol. The number of likely N-dealkylation sites (tertiary alicyclic amines) is 1. The van der Waals surface area contributed by atoms with Crippen molar-refractivity contribution in [2.45, 2.75) is 45.9 Å². The summed E-state index contributed by atoms with van der Waals surface area (Å²) in [6.45, 7) is 8.65. The average Bonchev–Trinajstić information content (AvgIpc) is 2.08. The van der Waals surface area contributed by atoms with Gasteiger partial charge in [0.25, 0.3) is 0 Å². The van der Waals surface area contributed by atoms with Crippen molar-refractivity contribution >= 4 is 0 Å². The number of nitrogens with zero attached hydrogens (tertiary/aromatic N) is 1. The Morgan fingerprint density at radius 1 is 0.917 bits per heavy atom. The molecule has 1 fully saturated rings. The summed E-state index contributed by atoms with van der Waals surface area (Å²) in [6.07, 6.45) is -0.133. The second kappa shape index (κ2) is 3.35. The average molecular weight is 171 g/mol. The van der Waals surface area contributed by atoms with E-state index in [-0.39, 0.29) is 6.10 Å². The number of piperidine rings is 1. The molecule has 0 amide bonds. The van der Waals surface area contributed by atoms with Crippen LogP contribution in [0, 0.1) is 11.8 Å². The third-order valence-electron chi connectivity index (χ3n) is 3.88. The van der Waals surface area contributed by atoms with Gasteiger partial charge in [-0.2, -0.15) is 0 Å². The van der Waals surface area contributed by atoms with Crippen LogP contribution in [0.3, 0.4) is 0 Å². The van der Waals surface area contributed by atoms with Gasteiger partial charge in [-0.15, -0.1) is 0 Å². The summed E-state index contributed by atoms with van der Waals surface area (Å²) in [5, 5.41) is 9.88. The Hall–Kier alpha value is -0.0800. The summed E-state index contributed by atoms with van der Waals surface area (Å²) >= 11 is 0. The van der Waals surface area contributed by atoms with Gasteiger partial charge in [-0.3, -0.25) is 0 Å². The first-order valence-corrected chi connectivity index (χ1v) is 4.86. The van der Waals surface area contributed by atoms with Gasteiger partial charge >= 0.3 is 0 Å². The van der Waals surface area contributed by atoms with E-state index in [4.69, 9.17) is 0 Å². The number of aliphatic hydroxyl groups is 1. The van der Waals surface area contributed by atoms with Crippen LogP contribution in [0.1, 0.15) is 27.7 Å². The van der Waals surface area contributed by atoms with E-state index in [1.54, 1.807) is 0 Å². The Balaban J connectivity index is 2.76. The molecule has 4 atom stereocenters. The molecule has 4 unspecified atom stereocenters. The first kappa shape index (κ1) is 10.0. The van der Waals surface area contributed by atoms with Gasteiger partial charge in [-0.05, 0) is 32.7 Å². The molecule has 1 saturated heterocycles. The zero-order valence-electron chi connectivity index (χ0n) is 8.78. The normalized spacial score (nSPS) is 51.0. The highest BCUT2D eigenvalue weighted by atomic mass is 16.3. The third kappa shape index (κ3) is 1.38. The van der Waals surface area contributed by atoms with E-state index in [0.29, 0.717) is 23.9 Å². The molecule has 2 nitrogen and oxygen atoms in total. The van der Waals surface area contributed by atoms with Crippen LogP contribution in [0.5, 0.6) is 0 Å². The molecule has 1 aliphatic heterocycles. The van der Waals surface area contributed by atoms with Gasteiger partial charge < -0.3 is 10.0 Å². The van der Waals surface area contributed by atoms with Crippen LogP contribution in [0.2, 0.25) is 0 Å². The van der Waals surface area contributed by atoms with Crippen LogP contribution >= 0.6 is 0 Å². The molecule has 0 radical (unpaired) electrons. The van der Waals surface area contributed by atoms with E-state index in [1.807, 2.05) is 0 Å². The number of rotatable bonds is 0. The maximum atomic E-state index is 9.88. The van der Waals surface area contributed by atoms with Crippen LogP contribution in [-0.2, 0) is 0 Å². The molecule has 1 heterocycles. The summed E-state index contributed by atoms with van der Waals surface area (Å²) in [5.41, 5.74) is 0. The second-order valence-electron chi connectivity index (χ2n) is 4.36. The third-order valence-corrected chi connectivity index (χ3v) is 3.88. The van der Waals surface area contributed by atoms with E-state index < -0.39 is 0 Å². The number of aliphatic hydroxyl groups excluding tert-OH is 1. The molecule has 12 heavy (non-hydrogen) atoms. The first-order chi connectivity index (χ1) is 5.46. The predicted molar refractivity (Wildman–Crippen MR) is 51.0 cm³/mol. The van der Waals surface area contributed by atoms with Gasteiger partial charge in [0.15, 0.2) is 0 Å². The maximum absolute atomic E-state index is 9.88. The quantitative estimate of drug-likeness (QED) is 0.594. The Kier molecular flexibility index (Phi) is 2.79. The summed E-state index contributed by atoms with van der Waals surface area (Å²) in [5.74, 6) is 0.780. The van der Waals surface area contributed by atoms with Gasteiger partial charge in [0.05, 0.1) is 6.10 Å². The fraction of sp³-hybridized carbons (Fsp3) is 1.00. The lowest BCUT2D eigenvalue weighted by Crippen LogP contribution is -2.56. The fourth-order valence-corrected chi connectivity index (χ4v) is 2.16. The van der Waals surface area contributed by atoms with E-state index in [1.165, 1.54) is 0 Å². The van der Waals surface area contributed by atoms with Crippen LogP contribution in [0.4, 0.5) is 0 Å². The van der Waals surface area contributed by atoms with Crippen molar-refractivity contribution in [3.05, 3.63) is 0 Å². The van der Waals surface area contributed by atoms with Gasteiger partial charge in [0.1, 0.15) is 0 Å². The molecule has 0 spiro atoms. The van der Waals surface area contributed by atoms with Crippen molar-refractivity contribution in [2.24, 2.45) is 11.8 Å². The predicted octanol–water partition coefficient (Wildman–Crippen LogP) is 1.34. The van der Waals surface area contributed by atoms with E-state index in [2.05, 4.69) is 39.6 Å². The van der Waals surface area contributed by atoms with Gasteiger partial charge in [-0.1, -0.05) is 13.8 Å². The smallest absolute Gasteiger partial charge is 0.0620 e. The molecule has 0 aromatic rings.